The minimum Gasteiger partial charge on any atom is -0.389 e. The minimum absolute atomic E-state index is 0.0260. The molecule has 42 nitrogen and oxygen atoms in total. The number of carbonyl (C=O) groups is 2. The zero-order valence-electron chi connectivity index (χ0n) is 57.1. The maximum atomic E-state index is 13.2. The van der Waals surface area contributed by atoms with Crippen LogP contribution in [0.25, 0.3) is 0 Å². The summed E-state index contributed by atoms with van der Waals surface area (Å²) in [6.45, 7) is -0.805. The van der Waals surface area contributed by atoms with Gasteiger partial charge in [-0.05, 0) is 25.7 Å². The molecule has 8 fully saturated rings. The van der Waals surface area contributed by atoms with E-state index < -0.39 is 245 Å². The molecular formula is C60H118N16O26. The number of unbranched alkanes of at least 4 members (excludes halogenated alkanes) is 9. The molecule has 2 saturated carbocycles. The van der Waals surface area contributed by atoms with E-state index in [1.807, 2.05) is 0 Å². The highest BCUT2D eigenvalue weighted by atomic mass is 16.8. The van der Waals surface area contributed by atoms with Crippen LogP contribution in [0.15, 0.2) is 0 Å². The SMILES string of the molecule is NCC1O[C@H](OC2C(N)C[C@@H](N)C(O)[C@H]2O[C@@H]2O[C@H](CNC(=O)NCCCCCCCCCCCCNC(=O)NC[C@H]3O[C@@H](OC4C(O[C@@H]5OC(CN)C(O)[C@H](O)C5N)C(N)C[C@H](N)[C@@H]4O)C(O)C3O[C@@H]3O[C@H](CN)C(O)C(O)C3N)[C@H](O[C@H]3O[C@@H](CN)C(O)C(O)C3N)C2O)C(N)[C@@H](O)C1O. The monoisotopic (exact) mass is 1480 g/mol. The summed E-state index contributed by atoms with van der Waals surface area (Å²) in [5.74, 6) is 0. The third kappa shape index (κ3) is 20.7. The van der Waals surface area contributed by atoms with Crippen LogP contribution in [0.1, 0.15) is 77.0 Å². The molecule has 0 aromatic heterocycles. The zero-order valence-corrected chi connectivity index (χ0v) is 57.1. The van der Waals surface area contributed by atoms with E-state index in [2.05, 4.69) is 21.3 Å². The Morgan fingerprint density at radius 3 is 0.804 bits per heavy atom. The van der Waals surface area contributed by atoms with Gasteiger partial charge in [0.05, 0.1) is 36.4 Å². The smallest absolute Gasteiger partial charge is 0.314 e. The molecule has 42 heteroatoms. The number of ether oxygens (including phenoxy) is 12. The van der Waals surface area contributed by atoms with E-state index in [1.54, 1.807) is 0 Å². The van der Waals surface area contributed by atoms with Crippen molar-refractivity contribution in [3.8, 4) is 0 Å². The maximum Gasteiger partial charge on any atom is 0.314 e. The highest BCUT2D eigenvalue weighted by Gasteiger charge is 2.58. The van der Waals surface area contributed by atoms with Gasteiger partial charge in [0.25, 0.3) is 0 Å². The highest BCUT2D eigenvalue weighted by molar-refractivity contribution is 5.74. The van der Waals surface area contributed by atoms with Crippen LogP contribution in [0.5, 0.6) is 0 Å². The number of rotatable bonds is 33. The topological polar surface area (TPSA) is 748 Å². The lowest BCUT2D eigenvalue weighted by Gasteiger charge is -2.47. The molecule has 21 unspecified atom stereocenters. The predicted octanol–water partition coefficient (Wildman–Crippen LogP) is -14.3. The summed E-state index contributed by atoms with van der Waals surface area (Å²) in [6.07, 6.45) is -33.5. The molecule has 6 saturated heterocycles. The van der Waals surface area contributed by atoms with E-state index in [0.29, 0.717) is 25.9 Å². The van der Waals surface area contributed by atoms with E-state index in [0.717, 1.165) is 51.4 Å². The van der Waals surface area contributed by atoms with Crippen molar-refractivity contribution < 1.29 is 128 Å². The Kier molecular flexibility index (Phi) is 32.8. The fourth-order valence-corrected chi connectivity index (χ4v) is 14.1. The summed E-state index contributed by atoms with van der Waals surface area (Å²) in [4.78, 5) is 26.4. The van der Waals surface area contributed by atoms with Gasteiger partial charge in [-0.15, -0.1) is 0 Å². The number of urea groups is 2. The van der Waals surface area contributed by atoms with Gasteiger partial charge < -0.3 is 208 Å². The van der Waals surface area contributed by atoms with Gasteiger partial charge in [0.2, 0.25) is 0 Å². The van der Waals surface area contributed by atoms with Gasteiger partial charge in [-0.3, -0.25) is 0 Å². The van der Waals surface area contributed by atoms with Gasteiger partial charge in [-0.25, -0.2) is 9.59 Å². The molecule has 102 heavy (non-hydrogen) atoms. The Morgan fingerprint density at radius 2 is 0.529 bits per heavy atom. The fraction of sp³-hybridized carbons (Fsp3) is 0.967. The summed E-state index contributed by atoms with van der Waals surface area (Å²) in [5.41, 5.74) is 73.5. The largest absolute Gasteiger partial charge is 0.389 e. The molecule has 8 aliphatic rings. The molecule has 4 amide bonds. The van der Waals surface area contributed by atoms with Crippen molar-refractivity contribution in [1.29, 1.82) is 0 Å². The lowest BCUT2D eigenvalue weighted by molar-refractivity contribution is -0.306. The standard InChI is InChI=1S/C60H118N16O26/c61-15-25-37(79)41(83)31(69)53(91-25)97-47-23(67)13-21(65)35(77)51(47)101-57-45(87)49(99-55-33(71)43(85)39(81)27(17-63)93-55)29(95-57)19-75-59(89)73-11-9-7-5-3-1-2-4-6-8-10-12-74-60(90)76-20-30-50(100-56-34(72)44(86)40(82)28(18-64)94-56)46(88)58(96-30)102-52-36(78)22(66)14-24(68)48(52)98-54-32(70)42(84)38(80)26(16-62)92-54/h21-58,77-88H,1-20,61-72H2,(H2,73,75,89)(H2,74,76,90)/t21-,22+,23?,24?,25?,26?,27+,28-,29-,30-,31?,32?,33?,34?,35?,36+,37?,38?,39?,40?,41-,42-,43?,44?,45?,46?,47?,48?,49+,50?,51-,52?,53-,54+,55-,56+,57+,58+/m1/s1. The molecule has 38 atom stereocenters. The van der Waals surface area contributed by atoms with Gasteiger partial charge in [0.15, 0.2) is 37.7 Å². The average molecular weight is 1480 g/mol. The molecule has 0 radical (unpaired) electrons. The normalized spacial score (nSPS) is 46.4. The quantitative estimate of drug-likeness (QED) is 0.0271. The van der Waals surface area contributed by atoms with Crippen LogP contribution in [-0.4, -0.2) is 358 Å². The Morgan fingerprint density at radius 1 is 0.284 bits per heavy atom. The van der Waals surface area contributed by atoms with Gasteiger partial charge in [-0.2, -0.15) is 0 Å². The Bertz CT molecular complexity index is 2340. The van der Waals surface area contributed by atoms with Crippen LogP contribution in [0.4, 0.5) is 9.59 Å². The average Bonchev–Trinajstić information content (AvgIpc) is 1.44. The first kappa shape index (κ1) is 84.7. The molecule has 2 aliphatic carbocycles. The van der Waals surface area contributed by atoms with Crippen molar-refractivity contribution in [3.05, 3.63) is 0 Å². The molecule has 594 valence electrons. The summed E-state index contributed by atoms with van der Waals surface area (Å²) >= 11 is 0. The minimum atomic E-state index is -1.71. The highest BCUT2D eigenvalue weighted by Crippen LogP contribution is 2.38. The van der Waals surface area contributed by atoms with Gasteiger partial charge >= 0.3 is 12.1 Å². The zero-order chi connectivity index (χ0) is 74.5. The first-order valence-electron chi connectivity index (χ1n) is 35.5. The van der Waals surface area contributed by atoms with Crippen molar-refractivity contribution >= 4 is 12.1 Å². The van der Waals surface area contributed by atoms with Crippen LogP contribution in [0.2, 0.25) is 0 Å². The lowest BCUT2D eigenvalue weighted by atomic mass is 9.84. The number of aliphatic hydroxyl groups is 12. The third-order valence-corrected chi connectivity index (χ3v) is 20.5. The summed E-state index contributed by atoms with van der Waals surface area (Å²) in [5, 5.41) is 142. The Labute approximate surface area is 590 Å². The number of carbonyl (C=O) groups excluding carboxylic acids is 2. The molecule has 6 aliphatic heterocycles. The number of nitrogens with two attached hydrogens (primary N) is 12. The lowest BCUT2D eigenvalue weighted by Crippen LogP contribution is -2.68. The summed E-state index contributed by atoms with van der Waals surface area (Å²) < 4.78 is 72.5. The van der Waals surface area contributed by atoms with Crippen LogP contribution in [0, 0.1) is 0 Å². The maximum absolute atomic E-state index is 13.2. The third-order valence-electron chi connectivity index (χ3n) is 20.5. The van der Waals surface area contributed by atoms with Crippen LogP contribution in [0.3, 0.4) is 0 Å². The molecule has 0 bridgehead atoms. The Balaban J connectivity index is 0.741. The van der Waals surface area contributed by atoms with E-state index in [4.69, 9.17) is 126 Å². The molecule has 0 aromatic carbocycles. The second kappa shape index (κ2) is 39.5. The van der Waals surface area contributed by atoms with E-state index in [9.17, 15) is 70.9 Å². The van der Waals surface area contributed by atoms with E-state index in [-0.39, 0.29) is 52.1 Å². The van der Waals surface area contributed by atoms with Crippen molar-refractivity contribution in [2.75, 3.05) is 52.4 Å². The molecule has 8 rings (SSSR count). The number of aliphatic hydroxyl groups excluding tert-OH is 12. The van der Waals surface area contributed by atoms with Crippen LogP contribution < -0.4 is 90.1 Å². The molecule has 6 heterocycles. The van der Waals surface area contributed by atoms with Crippen molar-refractivity contribution in [2.45, 2.75) is 310 Å². The van der Waals surface area contributed by atoms with Crippen molar-refractivity contribution in [2.24, 2.45) is 68.8 Å². The second-order valence-corrected chi connectivity index (χ2v) is 27.9. The fourth-order valence-electron chi connectivity index (χ4n) is 14.1. The Hall–Kier alpha value is -2.90. The summed E-state index contributed by atoms with van der Waals surface area (Å²) in [6, 6.07) is -10.2. The number of hydrogen-bond acceptors (Lipinski definition) is 38. The summed E-state index contributed by atoms with van der Waals surface area (Å²) in [7, 11) is 0. The number of amides is 4. The van der Waals surface area contributed by atoms with Crippen molar-refractivity contribution in [3.63, 3.8) is 0 Å². The number of hydrogen-bond donors (Lipinski definition) is 28. The van der Waals surface area contributed by atoms with Gasteiger partial charge in [-0.1, -0.05) is 51.4 Å². The van der Waals surface area contributed by atoms with Crippen LogP contribution in [-0.2, 0) is 56.8 Å². The second-order valence-electron chi connectivity index (χ2n) is 27.9. The molecule has 0 spiro atoms. The predicted molar refractivity (Wildman–Crippen MR) is 352 cm³/mol. The molecule has 40 N–H and O–H groups in total. The first-order valence-corrected chi connectivity index (χ1v) is 35.5. The van der Waals surface area contributed by atoms with Gasteiger partial charge in [0, 0.05) is 76.5 Å². The number of nitrogens with one attached hydrogen (secondary N) is 4. The van der Waals surface area contributed by atoms with Crippen molar-refractivity contribution in [1.82, 2.24) is 21.3 Å². The first-order chi connectivity index (χ1) is 48.5. The molecule has 0 aromatic rings. The molecular weight excluding hydrogens is 1360 g/mol. The van der Waals surface area contributed by atoms with E-state index in [1.165, 1.54) is 0 Å². The van der Waals surface area contributed by atoms with Gasteiger partial charge in [0.1, 0.15) is 134 Å². The van der Waals surface area contributed by atoms with E-state index >= 15 is 0 Å². The van der Waals surface area contributed by atoms with Crippen LogP contribution >= 0.6 is 0 Å².